The van der Waals surface area contributed by atoms with Crippen LogP contribution >= 0.6 is 0 Å². The molecule has 0 spiro atoms. The minimum Gasteiger partial charge on any atom is -0.444 e. The van der Waals surface area contributed by atoms with Crippen molar-refractivity contribution in [1.82, 2.24) is 10.6 Å². The summed E-state index contributed by atoms with van der Waals surface area (Å²) in [5, 5.41) is 4.85. The Kier molecular flexibility index (Phi) is 7.76. The van der Waals surface area contributed by atoms with E-state index in [1.165, 1.54) is 0 Å². The van der Waals surface area contributed by atoms with Crippen molar-refractivity contribution in [1.29, 1.82) is 0 Å². The second kappa shape index (κ2) is 8.74. The molecule has 7 heteroatoms. The molecule has 7 nitrogen and oxygen atoms in total. The predicted octanol–water partition coefficient (Wildman–Crippen LogP) is 1.10. The van der Waals surface area contributed by atoms with Gasteiger partial charge in [0.25, 0.3) is 0 Å². The number of nitrogens with zero attached hydrogens (tertiary/aromatic N) is 2. The largest absolute Gasteiger partial charge is 0.444 e. The average molecular weight is 294 g/mol. The third-order valence-corrected chi connectivity index (χ3v) is 2.02. The molecule has 1 unspecified atom stereocenters. The number of alkyl carbamates (subject to hydrolysis) is 1. The summed E-state index contributed by atoms with van der Waals surface area (Å²) in [7, 11) is 0. The van der Waals surface area contributed by atoms with E-state index >= 15 is 0 Å². The Morgan fingerprint density at radius 2 is 2.05 bits per heavy atom. The summed E-state index contributed by atoms with van der Waals surface area (Å²) in [6, 6.07) is -0.936. The summed E-state index contributed by atoms with van der Waals surface area (Å²) in [6.07, 6.45) is 4.50. The minimum atomic E-state index is -0.936. The van der Waals surface area contributed by atoms with Gasteiger partial charge in [-0.3, -0.25) is 15.1 Å². The van der Waals surface area contributed by atoms with E-state index in [-0.39, 0.29) is 12.4 Å². The van der Waals surface area contributed by atoms with Crippen molar-refractivity contribution in [2.75, 3.05) is 6.54 Å². The Morgan fingerprint density at radius 3 is 2.48 bits per heavy atom. The van der Waals surface area contributed by atoms with Crippen LogP contribution in [-0.4, -0.2) is 42.9 Å². The summed E-state index contributed by atoms with van der Waals surface area (Å²) in [4.78, 5) is 31.2. The molecule has 0 rings (SSSR count). The molecule has 2 amide bonds. The monoisotopic (exact) mass is 294 g/mol. The number of carbonyl (C=O) groups is 2. The minimum absolute atomic E-state index is 0.0155. The number of ether oxygens (including phenoxy) is 1. The molecule has 0 aromatic carbocycles. The lowest BCUT2D eigenvalue weighted by atomic mass is 10.2. The van der Waals surface area contributed by atoms with Crippen LogP contribution in [0.3, 0.4) is 0 Å². The Balaban J connectivity index is 4.78. The van der Waals surface area contributed by atoms with Crippen LogP contribution in [0.1, 0.15) is 34.1 Å². The van der Waals surface area contributed by atoms with Crippen molar-refractivity contribution in [3.63, 3.8) is 0 Å². The number of rotatable bonds is 4. The quantitative estimate of drug-likeness (QED) is 0.462. The topological polar surface area (TPSA) is 92.1 Å². The molecule has 116 valence electrons. The van der Waals surface area contributed by atoms with Gasteiger partial charge in [0.05, 0.1) is 0 Å². The zero-order valence-corrected chi connectivity index (χ0v) is 12.9. The predicted molar refractivity (Wildman–Crippen MR) is 82.3 cm³/mol. The van der Waals surface area contributed by atoms with Crippen LogP contribution in [0.15, 0.2) is 9.98 Å². The second-order valence-corrected chi connectivity index (χ2v) is 5.05. The standard InChI is InChI=1S/C14H22N4O3/c1-7-9-10(17-13(20)21-14(3,4)5)11(19)18-12(15-6)16-8-2/h1,10H,6,8-9H2,2-5H3,(H,17,20)(H,16,18,19). The highest BCUT2D eigenvalue weighted by Gasteiger charge is 2.24. The molecule has 0 radical (unpaired) electrons. The molecule has 21 heavy (non-hydrogen) atoms. The summed E-state index contributed by atoms with van der Waals surface area (Å²) >= 11 is 0. The molecular formula is C14H22N4O3. The molecule has 0 saturated heterocycles. The summed E-state index contributed by atoms with van der Waals surface area (Å²) < 4.78 is 5.08. The lowest BCUT2D eigenvalue weighted by molar-refractivity contribution is -0.121. The van der Waals surface area contributed by atoms with Gasteiger partial charge in [0.1, 0.15) is 11.6 Å². The van der Waals surface area contributed by atoms with Crippen LogP contribution in [0.25, 0.3) is 0 Å². The van der Waals surface area contributed by atoms with Crippen molar-refractivity contribution in [3.8, 4) is 12.3 Å². The molecule has 0 saturated carbocycles. The molecule has 0 aliphatic heterocycles. The molecule has 1 atom stereocenters. The maximum atomic E-state index is 12.0. The molecule has 0 aliphatic carbocycles. The highest BCUT2D eigenvalue weighted by Crippen LogP contribution is 2.07. The van der Waals surface area contributed by atoms with Crippen molar-refractivity contribution < 1.29 is 14.3 Å². The van der Waals surface area contributed by atoms with Gasteiger partial charge in [-0.25, -0.2) is 9.79 Å². The maximum Gasteiger partial charge on any atom is 0.408 e. The van der Waals surface area contributed by atoms with Gasteiger partial charge in [0, 0.05) is 13.0 Å². The summed E-state index contributed by atoms with van der Waals surface area (Å²) in [5.74, 6) is 1.87. The van der Waals surface area contributed by atoms with Crippen LogP contribution in [0, 0.1) is 12.3 Å². The first-order valence-electron chi connectivity index (χ1n) is 6.48. The zero-order valence-electron chi connectivity index (χ0n) is 12.9. The van der Waals surface area contributed by atoms with Crippen LogP contribution in [0.2, 0.25) is 0 Å². The molecular weight excluding hydrogens is 272 g/mol. The highest BCUT2D eigenvalue weighted by atomic mass is 16.6. The number of carbonyl (C=O) groups excluding carboxylic acids is 2. The molecule has 0 fully saturated rings. The van der Waals surface area contributed by atoms with Gasteiger partial charge in [0.2, 0.25) is 11.9 Å². The van der Waals surface area contributed by atoms with Gasteiger partial charge < -0.3 is 10.1 Å². The smallest absolute Gasteiger partial charge is 0.408 e. The highest BCUT2D eigenvalue weighted by molar-refractivity contribution is 6.01. The van der Waals surface area contributed by atoms with E-state index in [2.05, 4.69) is 33.3 Å². The molecule has 2 N–H and O–H groups in total. The number of guanidine groups is 1. The SMILES string of the molecule is C#CCC(NC(=O)OC(C)(C)C)C(=O)NC(N=C)=NCC. The zero-order chi connectivity index (χ0) is 16.5. The third-order valence-electron chi connectivity index (χ3n) is 2.02. The van der Waals surface area contributed by atoms with Crippen LogP contribution < -0.4 is 10.6 Å². The first-order chi connectivity index (χ1) is 9.73. The van der Waals surface area contributed by atoms with Crippen LogP contribution in [0.4, 0.5) is 4.79 Å². The van der Waals surface area contributed by atoms with E-state index in [1.807, 2.05) is 0 Å². The maximum absolute atomic E-state index is 12.0. The van der Waals surface area contributed by atoms with Gasteiger partial charge in [-0.05, 0) is 34.4 Å². The number of aliphatic imine (C=N–C) groups is 2. The Morgan fingerprint density at radius 1 is 1.43 bits per heavy atom. The fourth-order valence-corrected chi connectivity index (χ4v) is 1.25. The van der Waals surface area contributed by atoms with E-state index < -0.39 is 23.6 Å². The number of terminal acetylenes is 1. The van der Waals surface area contributed by atoms with Gasteiger partial charge >= 0.3 is 6.09 Å². The normalized spacial score (nSPS) is 12.8. The lowest BCUT2D eigenvalue weighted by Gasteiger charge is -2.22. The molecule has 0 aromatic heterocycles. The number of hydrogen-bond donors (Lipinski definition) is 2. The number of amides is 2. The van der Waals surface area contributed by atoms with Crippen LogP contribution in [0.5, 0.6) is 0 Å². The molecule has 0 aliphatic rings. The molecule has 0 aromatic rings. The lowest BCUT2D eigenvalue weighted by Crippen LogP contribution is -2.49. The van der Waals surface area contributed by atoms with Crippen molar-refractivity contribution in [3.05, 3.63) is 0 Å². The van der Waals surface area contributed by atoms with E-state index in [0.717, 1.165) is 0 Å². The van der Waals surface area contributed by atoms with Crippen molar-refractivity contribution in [2.45, 2.75) is 45.8 Å². The molecule has 0 bridgehead atoms. The Bertz CT molecular complexity index is 458. The van der Waals surface area contributed by atoms with E-state index in [0.29, 0.717) is 6.54 Å². The van der Waals surface area contributed by atoms with E-state index in [4.69, 9.17) is 11.2 Å². The van der Waals surface area contributed by atoms with Gasteiger partial charge in [-0.15, -0.1) is 12.3 Å². The summed E-state index contributed by atoms with van der Waals surface area (Å²) in [6.45, 7) is 10.7. The second-order valence-electron chi connectivity index (χ2n) is 5.05. The van der Waals surface area contributed by atoms with Crippen molar-refractivity contribution >= 4 is 24.7 Å². The molecule has 0 heterocycles. The van der Waals surface area contributed by atoms with Crippen molar-refractivity contribution in [2.24, 2.45) is 9.98 Å². The van der Waals surface area contributed by atoms with Gasteiger partial charge in [0.15, 0.2) is 0 Å². The number of nitrogens with one attached hydrogen (secondary N) is 2. The summed E-state index contributed by atoms with van der Waals surface area (Å²) in [5.41, 5.74) is -0.668. The first-order valence-corrected chi connectivity index (χ1v) is 6.48. The fraction of sp³-hybridized carbons (Fsp3) is 0.571. The van der Waals surface area contributed by atoms with Crippen LogP contribution in [-0.2, 0) is 9.53 Å². The van der Waals surface area contributed by atoms with Gasteiger partial charge in [-0.1, -0.05) is 0 Å². The number of hydrogen-bond acceptors (Lipinski definition) is 4. The Hall–Kier alpha value is -2.36. The Labute approximate surface area is 125 Å². The third kappa shape index (κ3) is 8.42. The first kappa shape index (κ1) is 18.6. The fourth-order valence-electron chi connectivity index (χ4n) is 1.25. The van der Waals surface area contributed by atoms with Gasteiger partial charge in [-0.2, -0.15) is 0 Å². The van der Waals surface area contributed by atoms with E-state index in [1.54, 1.807) is 27.7 Å². The van der Waals surface area contributed by atoms with E-state index in [9.17, 15) is 9.59 Å². The average Bonchev–Trinajstić information content (AvgIpc) is 2.35.